The van der Waals surface area contributed by atoms with Crippen molar-refractivity contribution in [1.82, 2.24) is 9.99 Å². The number of rotatable bonds is 1. The lowest BCUT2D eigenvalue weighted by Gasteiger charge is -2.19. The summed E-state index contributed by atoms with van der Waals surface area (Å²) in [5.41, 5.74) is 12.8. The van der Waals surface area contributed by atoms with Crippen molar-refractivity contribution in [3.63, 3.8) is 0 Å². The van der Waals surface area contributed by atoms with Crippen molar-refractivity contribution in [2.45, 2.75) is 18.9 Å². The minimum atomic E-state index is 0.241. The Labute approximate surface area is 82.9 Å². The Morgan fingerprint density at radius 1 is 1.43 bits per heavy atom. The topological polar surface area (TPSA) is 94.2 Å². The van der Waals surface area contributed by atoms with Gasteiger partial charge in [0.1, 0.15) is 5.82 Å². The van der Waals surface area contributed by atoms with Crippen LogP contribution >= 0.6 is 0 Å². The molecule has 14 heavy (non-hydrogen) atoms. The molecule has 0 spiro atoms. The van der Waals surface area contributed by atoms with Gasteiger partial charge in [-0.25, -0.2) is 9.99 Å². The van der Waals surface area contributed by atoms with Crippen molar-refractivity contribution in [3.05, 3.63) is 17.8 Å². The number of hydrazine groups is 1. The van der Waals surface area contributed by atoms with Crippen LogP contribution in [0.2, 0.25) is 0 Å². The van der Waals surface area contributed by atoms with Gasteiger partial charge in [-0.3, -0.25) is 5.84 Å². The highest BCUT2D eigenvalue weighted by atomic mass is 15.4. The summed E-state index contributed by atoms with van der Waals surface area (Å²) in [4.78, 5) is 4.03. The largest absolute Gasteiger partial charge is 0.396 e. The molecule has 2 heterocycles. The van der Waals surface area contributed by atoms with Crippen LogP contribution in [0.15, 0.2) is 12.3 Å². The molecule has 5 nitrogen and oxygen atoms in total. The molecule has 76 valence electrons. The van der Waals surface area contributed by atoms with Crippen molar-refractivity contribution < 1.29 is 0 Å². The summed E-state index contributed by atoms with van der Waals surface area (Å²) < 4.78 is 0. The zero-order chi connectivity index (χ0) is 10.1. The number of nitrogen functional groups attached to an aromatic ring is 2. The van der Waals surface area contributed by atoms with Crippen LogP contribution in [-0.2, 0) is 0 Å². The molecule has 1 aromatic heterocycles. The predicted molar refractivity (Wildman–Crippen MR) is 55.9 cm³/mol. The number of hydrogen-bond donors (Lipinski definition) is 3. The lowest BCUT2D eigenvalue weighted by molar-refractivity contribution is 0.266. The SMILES string of the molecule is Nc1cc([C@H]2CCCN2N)cnc1N. The molecule has 2 rings (SSSR count). The highest BCUT2D eigenvalue weighted by Gasteiger charge is 2.23. The molecule has 0 aliphatic carbocycles. The van der Waals surface area contributed by atoms with Gasteiger partial charge < -0.3 is 11.5 Å². The molecule has 1 aromatic rings. The Bertz CT molecular complexity index is 338. The second kappa shape index (κ2) is 3.43. The number of nitrogens with two attached hydrogens (primary N) is 3. The molecule has 0 radical (unpaired) electrons. The van der Waals surface area contributed by atoms with Crippen LogP contribution in [0.4, 0.5) is 11.5 Å². The van der Waals surface area contributed by atoms with Crippen molar-refractivity contribution in [1.29, 1.82) is 0 Å². The minimum absolute atomic E-state index is 0.241. The van der Waals surface area contributed by atoms with E-state index in [2.05, 4.69) is 4.98 Å². The monoisotopic (exact) mass is 193 g/mol. The van der Waals surface area contributed by atoms with Crippen molar-refractivity contribution in [3.8, 4) is 0 Å². The number of nitrogens with zero attached hydrogens (tertiary/aromatic N) is 2. The first-order chi connectivity index (χ1) is 6.68. The highest BCUT2D eigenvalue weighted by molar-refractivity contribution is 5.58. The Balaban J connectivity index is 2.28. The molecule has 0 amide bonds. The molecule has 6 N–H and O–H groups in total. The van der Waals surface area contributed by atoms with E-state index in [1.807, 2.05) is 11.1 Å². The first-order valence-corrected chi connectivity index (χ1v) is 4.70. The normalized spacial score (nSPS) is 22.8. The molecule has 0 saturated carbocycles. The van der Waals surface area contributed by atoms with E-state index < -0.39 is 0 Å². The van der Waals surface area contributed by atoms with Crippen LogP contribution in [0.3, 0.4) is 0 Å². The molecular weight excluding hydrogens is 178 g/mol. The Morgan fingerprint density at radius 3 is 2.79 bits per heavy atom. The van der Waals surface area contributed by atoms with Crippen LogP contribution in [0, 0.1) is 0 Å². The van der Waals surface area contributed by atoms with Gasteiger partial charge in [0.15, 0.2) is 0 Å². The maximum absolute atomic E-state index is 5.83. The zero-order valence-corrected chi connectivity index (χ0v) is 7.98. The van der Waals surface area contributed by atoms with E-state index in [9.17, 15) is 0 Å². The van der Waals surface area contributed by atoms with E-state index in [1.165, 1.54) is 0 Å². The van der Waals surface area contributed by atoms with E-state index in [4.69, 9.17) is 17.3 Å². The van der Waals surface area contributed by atoms with Gasteiger partial charge in [0, 0.05) is 12.7 Å². The quantitative estimate of drug-likeness (QED) is 0.556. The second-order valence-corrected chi connectivity index (χ2v) is 3.64. The fourth-order valence-corrected chi connectivity index (χ4v) is 1.84. The first kappa shape index (κ1) is 9.23. The second-order valence-electron chi connectivity index (χ2n) is 3.64. The maximum Gasteiger partial charge on any atom is 0.146 e. The van der Waals surface area contributed by atoms with Gasteiger partial charge in [-0.05, 0) is 24.5 Å². The van der Waals surface area contributed by atoms with E-state index >= 15 is 0 Å². The first-order valence-electron chi connectivity index (χ1n) is 4.70. The fourth-order valence-electron chi connectivity index (χ4n) is 1.84. The van der Waals surface area contributed by atoms with E-state index in [1.54, 1.807) is 6.20 Å². The van der Waals surface area contributed by atoms with Crippen molar-refractivity contribution in [2.24, 2.45) is 5.84 Å². The van der Waals surface area contributed by atoms with Crippen molar-refractivity contribution in [2.75, 3.05) is 18.0 Å². The summed E-state index contributed by atoms with van der Waals surface area (Å²) in [5, 5.41) is 1.83. The Morgan fingerprint density at radius 2 is 2.21 bits per heavy atom. The lowest BCUT2D eigenvalue weighted by Crippen LogP contribution is -2.30. The molecule has 0 aromatic carbocycles. The van der Waals surface area contributed by atoms with Crippen LogP contribution in [-0.4, -0.2) is 16.5 Å². The third-order valence-electron chi connectivity index (χ3n) is 2.65. The van der Waals surface area contributed by atoms with Gasteiger partial charge in [0.25, 0.3) is 0 Å². The summed E-state index contributed by atoms with van der Waals surface area (Å²) >= 11 is 0. The van der Waals surface area contributed by atoms with E-state index in [0.717, 1.165) is 24.9 Å². The number of hydrogen-bond acceptors (Lipinski definition) is 5. The van der Waals surface area contributed by atoms with Crippen LogP contribution < -0.4 is 17.3 Å². The van der Waals surface area contributed by atoms with Gasteiger partial charge in [-0.1, -0.05) is 0 Å². The minimum Gasteiger partial charge on any atom is -0.396 e. The highest BCUT2D eigenvalue weighted by Crippen LogP contribution is 2.30. The van der Waals surface area contributed by atoms with E-state index in [0.29, 0.717) is 11.5 Å². The maximum atomic E-state index is 5.83. The molecule has 1 aliphatic rings. The van der Waals surface area contributed by atoms with Gasteiger partial charge >= 0.3 is 0 Å². The molecular formula is C9H15N5. The summed E-state index contributed by atoms with van der Waals surface area (Å²) in [6, 6.07) is 2.10. The Hall–Kier alpha value is -1.33. The third kappa shape index (κ3) is 1.51. The number of aromatic nitrogens is 1. The molecule has 0 bridgehead atoms. The smallest absolute Gasteiger partial charge is 0.146 e. The summed E-state index contributed by atoms with van der Waals surface area (Å²) in [5.74, 6) is 6.22. The van der Waals surface area contributed by atoms with Crippen LogP contribution in [0.5, 0.6) is 0 Å². The van der Waals surface area contributed by atoms with Gasteiger partial charge in [-0.2, -0.15) is 0 Å². The third-order valence-corrected chi connectivity index (χ3v) is 2.65. The van der Waals surface area contributed by atoms with Gasteiger partial charge in [-0.15, -0.1) is 0 Å². The summed E-state index contributed by atoms with van der Waals surface area (Å²) in [6.07, 6.45) is 3.93. The van der Waals surface area contributed by atoms with E-state index in [-0.39, 0.29) is 6.04 Å². The fraction of sp³-hybridized carbons (Fsp3) is 0.444. The zero-order valence-electron chi connectivity index (χ0n) is 7.98. The number of pyridine rings is 1. The molecule has 1 atom stereocenters. The molecule has 1 saturated heterocycles. The summed E-state index contributed by atoms with van der Waals surface area (Å²) in [6.45, 7) is 0.926. The average Bonchev–Trinajstić information content (AvgIpc) is 2.57. The Kier molecular flexibility index (Phi) is 2.26. The molecule has 1 fully saturated rings. The van der Waals surface area contributed by atoms with Gasteiger partial charge in [0.2, 0.25) is 0 Å². The van der Waals surface area contributed by atoms with Crippen LogP contribution in [0.25, 0.3) is 0 Å². The average molecular weight is 193 g/mol. The van der Waals surface area contributed by atoms with Crippen LogP contribution in [0.1, 0.15) is 24.4 Å². The number of anilines is 2. The molecule has 0 unspecified atom stereocenters. The molecule has 1 aliphatic heterocycles. The van der Waals surface area contributed by atoms with Gasteiger partial charge in [0.05, 0.1) is 11.7 Å². The standard InChI is InChI=1S/C9H15N5/c10-7-4-6(5-13-9(7)11)8-2-1-3-14(8)12/h4-5,8H,1-3,10,12H2,(H2,11,13)/t8-/m1/s1. The molecule has 5 heteroatoms. The van der Waals surface area contributed by atoms with Crippen molar-refractivity contribution >= 4 is 11.5 Å². The predicted octanol–water partition coefficient (Wildman–Crippen LogP) is 0.257. The lowest BCUT2D eigenvalue weighted by atomic mass is 10.1. The summed E-state index contributed by atoms with van der Waals surface area (Å²) in [7, 11) is 0.